The van der Waals surface area contributed by atoms with Crippen LogP contribution in [0.2, 0.25) is 0 Å². The van der Waals surface area contributed by atoms with E-state index in [1.807, 2.05) is 6.07 Å². The van der Waals surface area contributed by atoms with Crippen molar-refractivity contribution in [1.82, 2.24) is 20.6 Å². The zero-order valence-electron chi connectivity index (χ0n) is 14.8. The third-order valence-corrected chi connectivity index (χ3v) is 4.64. The number of nitrogens with one attached hydrogen (secondary N) is 1. The van der Waals surface area contributed by atoms with Gasteiger partial charge in [-0.15, -0.1) is 10.2 Å². The van der Waals surface area contributed by atoms with Gasteiger partial charge >= 0.3 is 12.3 Å². The van der Waals surface area contributed by atoms with Crippen molar-refractivity contribution in [3.05, 3.63) is 53.6 Å². The largest absolute Gasteiger partial charge is 0.444 e. The Labute approximate surface area is 162 Å². The molecule has 150 valence electrons. The van der Waals surface area contributed by atoms with Crippen molar-refractivity contribution in [2.75, 3.05) is 11.4 Å². The number of alkyl halides is 3. The third kappa shape index (κ3) is 3.71. The molecule has 1 aromatic heterocycles. The van der Waals surface area contributed by atoms with Crippen molar-refractivity contribution in [3.8, 4) is 11.4 Å². The van der Waals surface area contributed by atoms with Crippen LogP contribution >= 0.6 is 0 Å². The zero-order chi connectivity index (χ0) is 20.6. The summed E-state index contributed by atoms with van der Waals surface area (Å²) in [7, 11) is 0. The number of nitrogens with two attached hydrogens (primary N) is 1. The highest BCUT2D eigenvalue weighted by molar-refractivity contribution is 5.77. The van der Waals surface area contributed by atoms with E-state index in [0.29, 0.717) is 23.5 Å². The molecule has 2 aromatic carbocycles. The molecule has 1 aliphatic rings. The Morgan fingerprint density at radius 2 is 1.97 bits per heavy atom. The van der Waals surface area contributed by atoms with E-state index in [1.54, 1.807) is 17.0 Å². The maximum atomic E-state index is 12.9. The lowest BCUT2D eigenvalue weighted by Gasteiger charge is -2.36. The molecule has 8 nitrogen and oxygen atoms in total. The van der Waals surface area contributed by atoms with Gasteiger partial charge in [-0.1, -0.05) is 12.1 Å². The summed E-state index contributed by atoms with van der Waals surface area (Å²) in [4.78, 5) is 13.1. The van der Waals surface area contributed by atoms with Gasteiger partial charge < -0.3 is 15.4 Å². The smallest absolute Gasteiger partial charge is 0.416 e. The van der Waals surface area contributed by atoms with E-state index in [-0.39, 0.29) is 6.54 Å². The molecule has 0 fully saturated rings. The van der Waals surface area contributed by atoms with Crippen LogP contribution in [0.25, 0.3) is 11.4 Å². The number of nitrogens with zero attached hydrogens (tertiary/aromatic N) is 4. The number of amides is 1. The number of hydrogen-bond donors (Lipinski definition) is 2. The van der Waals surface area contributed by atoms with Crippen LogP contribution in [0.15, 0.2) is 42.5 Å². The molecule has 29 heavy (non-hydrogen) atoms. The summed E-state index contributed by atoms with van der Waals surface area (Å²) in [5, 5.41) is 13.9. The van der Waals surface area contributed by atoms with Gasteiger partial charge in [-0.2, -0.15) is 18.4 Å². The quantitative estimate of drug-likeness (QED) is 0.694. The van der Waals surface area contributed by atoms with E-state index < -0.39 is 23.9 Å². The summed E-state index contributed by atoms with van der Waals surface area (Å²) in [6.45, 7) is 0.233. The third-order valence-electron chi connectivity index (χ3n) is 4.64. The Kier molecular flexibility index (Phi) is 4.57. The standard InChI is InChI=1S/C18H15F3N6O2/c19-18(20,21)10-4-6-11(7-5-10)27-9-12(29-17(22)28)8-14-13(2-1-3-15(14)27)16-23-25-26-24-16/h1-7,12H,8-9H2,(H2,22,28)(H,23,24,25,26). The molecule has 0 radical (unpaired) electrons. The van der Waals surface area contributed by atoms with Crippen LogP contribution in [-0.2, 0) is 17.3 Å². The number of ether oxygens (including phenoxy) is 1. The minimum atomic E-state index is -4.43. The number of aromatic nitrogens is 4. The number of primary amides is 1. The van der Waals surface area contributed by atoms with Crippen LogP contribution in [0.4, 0.5) is 29.3 Å². The van der Waals surface area contributed by atoms with E-state index in [4.69, 9.17) is 10.5 Å². The van der Waals surface area contributed by atoms with Gasteiger partial charge in [0.15, 0.2) is 0 Å². The van der Waals surface area contributed by atoms with Gasteiger partial charge in [-0.25, -0.2) is 4.79 Å². The molecule has 0 spiro atoms. The number of anilines is 2. The number of tetrazole rings is 1. The van der Waals surface area contributed by atoms with E-state index in [2.05, 4.69) is 20.6 Å². The first-order chi connectivity index (χ1) is 13.8. The summed E-state index contributed by atoms with van der Waals surface area (Å²) in [6.07, 6.45) is -5.61. The predicted molar refractivity (Wildman–Crippen MR) is 96.2 cm³/mol. The molecule has 1 atom stereocenters. The van der Waals surface area contributed by atoms with Crippen molar-refractivity contribution < 1.29 is 22.7 Å². The number of hydrogen-bond acceptors (Lipinski definition) is 6. The minimum Gasteiger partial charge on any atom is -0.444 e. The Morgan fingerprint density at radius 1 is 1.21 bits per heavy atom. The fourth-order valence-electron chi connectivity index (χ4n) is 3.44. The van der Waals surface area contributed by atoms with Gasteiger partial charge in [-0.05, 0) is 41.1 Å². The summed E-state index contributed by atoms with van der Waals surface area (Å²) < 4.78 is 43.9. The molecule has 1 amide bonds. The van der Waals surface area contributed by atoms with E-state index in [9.17, 15) is 18.0 Å². The number of aromatic amines is 1. The van der Waals surface area contributed by atoms with Crippen LogP contribution in [0.1, 0.15) is 11.1 Å². The van der Waals surface area contributed by atoms with Crippen molar-refractivity contribution >= 4 is 17.5 Å². The molecule has 0 saturated heterocycles. The lowest BCUT2D eigenvalue weighted by molar-refractivity contribution is -0.137. The van der Waals surface area contributed by atoms with E-state index in [1.165, 1.54) is 12.1 Å². The lowest BCUT2D eigenvalue weighted by atomic mass is 9.93. The van der Waals surface area contributed by atoms with E-state index in [0.717, 1.165) is 23.4 Å². The fraction of sp³-hybridized carbons (Fsp3) is 0.222. The first-order valence-electron chi connectivity index (χ1n) is 8.59. The molecule has 3 N–H and O–H groups in total. The van der Waals surface area contributed by atoms with Gasteiger partial charge in [0, 0.05) is 23.4 Å². The molecule has 2 heterocycles. The average Bonchev–Trinajstić information content (AvgIpc) is 3.20. The average molecular weight is 404 g/mol. The number of halogens is 3. The number of fused-ring (bicyclic) bond motifs is 1. The van der Waals surface area contributed by atoms with E-state index >= 15 is 0 Å². The van der Waals surface area contributed by atoms with Crippen molar-refractivity contribution in [2.45, 2.75) is 18.7 Å². The van der Waals surface area contributed by atoms with Crippen molar-refractivity contribution in [2.24, 2.45) is 5.73 Å². The second-order valence-electron chi connectivity index (χ2n) is 6.46. The number of benzene rings is 2. The molecule has 0 bridgehead atoms. The summed E-state index contributed by atoms with van der Waals surface area (Å²) in [5.74, 6) is 0.356. The topological polar surface area (TPSA) is 110 Å². The zero-order valence-corrected chi connectivity index (χ0v) is 14.8. The highest BCUT2D eigenvalue weighted by Crippen LogP contribution is 2.39. The Balaban J connectivity index is 1.78. The number of carbonyl (C=O) groups is 1. The molecule has 1 aliphatic heterocycles. The lowest BCUT2D eigenvalue weighted by Crippen LogP contribution is -2.39. The molecule has 1 unspecified atom stereocenters. The van der Waals surface area contributed by atoms with Crippen LogP contribution in [0.3, 0.4) is 0 Å². The molecular weight excluding hydrogens is 389 g/mol. The van der Waals surface area contributed by atoms with Gasteiger partial charge in [0.25, 0.3) is 0 Å². The molecule has 11 heteroatoms. The van der Waals surface area contributed by atoms with Gasteiger partial charge in [0.05, 0.1) is 12.1 Å². The van der Waals surface area contributed by atoms with Crippen LogP contribution < -0.4 is 10.6 Å². The van der Waals surface area contributed by atoms with Gasteiger partial charge in [-0.3, -0.25) is 0 Å². The van der Waals surface area contributed by atoms with Gasteiger partial charge in [0.1, 0.15) is 6.10 Å². The monoisotopic (exact) mass is 404 g/mol. The molecule has 0 saturated carbocycles. The normalized spacial score (nSPS) is 16.4. The van der Waals surface area contributed by atoms with Gasteiger partial charge in [0.2, 0.25) is 5.82 Å². The Bertz CT molecular complexity index is 1020. The number of carbonyl (C=O) groups excluding carboxylic acids is 1. The Morgan fingerprint density at radius 3 is 2.59 bits per heavy atom. The summed E-state index contributed by atoms with van der Waals surface area (Å²) in [5.41, 5.74) is 7.14. The predicted octanol–water partition coefficient (Wildman–Crippen LogP) is 3.04. The fourth-order valence-corrected chi connectivity index (χ4v) is 3.44. The molecule has 0 aliphatic carbocycles. The Hall–Kier alpha value is -3.63. The van der Waals surface area contributed by atoms with Crippen molar-refractivity contribution in [1.29, 1.82) is 0 Å². The molecule has 3 aromatic rings. The highest BCUT2D eigenvalue weighted by Gasteiger charge is 2.32. The van der Waals surface area contributed by atoms with Crippen LogP contribution in [0, 0.1) is 0 Å². The highest BCUT2D eigenvalue weighted by atomic mass is 19.4. The maximum Gasteiger partial charge on any atom is 0.416 e. The van der Waals surface area contributed by atoms with Crippen LogP contribution in [-0.4, -0.2) is 39.4 Å². The first kappa shape index (κ1) is 18.7. The number of H-pyrrole nitrogens is 1. The molecular formula is C18H15F3N6O2. The first-order valence-corrected chi connectivity index (χ1v) is 8.59. The minimum absolute atomic E-state index is 0.233. The number of rotatable bonds is 3. The second kappa shape index (κ2) is 7.08. The molecule has 4 rings (SSSR count). The maximum absolute atomic E-state index is 12.9. The SMILES string of the molecule is NC(=O)OC1Cc2c(-c3nn[nH]n3)cccc2N(c2ccc(C(F)(F)F)cc2)C1. The van der Waals surface area contributed by atoms with Crippen LogP contribution in [0.5, 0.6) is 0 Å². The second-order valence-corrected chi connectivity index (χ2v) is 6.46. The van der Waals surface area contributed by atoms with Crippen molar-refractivity contribution in [3.63, 3.8) is 0 Å². The summed E-state index contributed by atoms with van der Waals surface area (Å²) >= 11 is 0. The summed E-state index contributed by atoms with van der Waals surface area (Å²) in [6, 6.07) is 10.2.